The lowest BCUT2D eigenvalue weighted by Crippen LogP contribution is -2.31. The van der Waals surface area contributed by atoms with Gasteiger partial charge in [0.05, 0.1) is 4.90 Å². The van der Waals surface area contributed by atoms with Crippen LogP contribution in [0.15, 0.2) is 53.4 Å². The lowest BCUT2D eigenvalue weighted by atomic mass is 9.97. The number of Topliss-reactive ketones (excluding diaryl/α,β-unsaturated/α-hetero) is 1. The third-order valence-corrected chi connectivity index (χ3v) is 5.73. The molecule has 0 aliphatic rings. The van der Waals surface area contributed by atoms with Crippen molar-refractivity contribution in [2.24, 2.45) is 0 Å². The van der Waals surface area contributed by atoms with Crippen molar-refractivity contribution in [3.8, 4) is 0 Å². The fourth-order valence-electron chi connectivity index (χ4n) is 2.36. The number of esters is 1. The van der Waals surface area contributed by atoms with Crippen LogP contribution in [0, 0.1) is 5.82 Å². The first kappa shape index (κ1) is 21.7. The molecule has 0 bridgehead atoms. The van der Waals surface area contributed by atoms with Crippen molar-refractivity contribution < 1.29 is 27.1 Å². The fourth-order valence-corrected chi connectivity index (χ4v) is 3.33. The zero-order valence-electron chi connectivity index (χ0n) is 15.6. The average molecular weight is 407 g/mol. The van der Waals surface area contributed by atoms with Gasteiger partial charge in [0.1, 0.15) is 12.4 Å². The maximum absolute atomic E-state index is 12.9. The molecule has 0 spiro atoms. The Morgan fingerprint density at radius 3 is 2.25 bits per heavy atom. The van der Waals surface area contributed by atoms with Crippen molar-refractivity contribution in [3.63, 3.8) is 0 Å². The molecule has 0 radical (unpaired) electrons. The van der Waals surface area contributed by atoms with Crippen LogP contribution in [-0.4, -0.2) is 33.3 Å². The van der Waals surface area contributed by atoms with Gasteiger partial charge in [-0.05, 0) is 42.2 Å². The molecule has 0 fully saturated rings. The summed E-state index contributed by atoms with van der Waals surface area (Å²) in [4.78, 5) is 23.7. The minimum Gasteiger partial charge on any atom is -0.456 e. The predicted molar refractivity (Wildman–Crippen MR) is 102 cm³/mol. The molecule has 150 valence electrons. The Morgan fingerprint density at radius 2 is 1.68 bits per heavy atom. The summed E-state index contributed by atoms with van der Waals surface area (Å²) in [6, 6.07) is 11.2. The highest BCUT2D eigenvalue weighted by atomic mass is 32.2. The largest absolute Gasteiger partial charge is 0.456 e. The van der Waals surface area contributed by atoms with E-state index in [9.17, 15) is 22.4 Å². The fraction of sp³-hybridized carbons (Fsp3) is 0.300. The highest BCUT2D eigenvalue weighted by molar-refractivity contribution is 7.89. The van der Waals surface area contributed by atoms with E-state index in [1.165, 1.54) is 0 Å². The number of sulfonamides is 1. The molecular weight excluding hydrogens is 385 g/mol. The highest BCUT2D eigenvalue weighted by Crippen LogP contribution is 2.19. The van der Waals surface area contributed by atoms with E-state index < -0.39 is 35.0 Å². The molecule has 2 aromatic rings. The van der Waals surface area contributed by atoms with Crippen molar-refractivity contribution in [2.75, 3.05) is 13.2 Å². The molecular formula is C20H22FNO5S. The number of hydrogen-bond donors (Lipinski definition) is 1. The number of nitrogens with one attached hydrogen (secondary N) is 1. The number of rotatable bonds is 9. The zero-order valence-corrected chi connectivity index (χ0v) is 16.5. The third kappa shape index (κ3) is 5.97. The third-order valence-electron chi connectivity index (χ3n) is 4.31. The Hall–Kier alpha value is -2.58. The van der Waals surface area contributed by atoms with E-state index >= 15 is 0 Å². The summed E-state index contributed by atoms with van der Waals surface area (Å²) in [7, 11) is -3.98. The second kappa shape index (κ2) is 9.57. The van der Waals surface area contributed by atoms with Gasteiger partial charge in [0.2, 0.25) is 10.0 Å². The standard InChI is InChI=1S/C20H22FNO5S/c1-3-14(2)15-4-6-16(7-5-15)19(23)13-27-20(24)12-22-28(25,26)18-10-8-17(21)9-11-18/h4-11,14,22H,3,12-13H2,1-2H3/t14-/m0/s1. The molecule has 8 heteroatoms. The molecule has 2 aromatic carbocycles. The lowest BCUT2D eigenvalue weighted by Gasteiger charge is -2.10. The minimum atomic E-state index is -3.98. The predicted octanol–water partition coefficient (Wildman–Crippen LogP) is 3.04. The number of benzene rings is 2. The molecule has 0 heterocycles. The molecule has 0 unspecified atom stereocenters. The smallest absolute Gasteiger partial charge is 0.321 e. The number of carbonyl (C=O) groups is 2. The van der Waals surface area contributed by atoms with Crippen molar-refractivity contribution in [1.29, 1.82) is 0 Å². The number of hydrogen-bond acceptors (Lipinski definition) is 5. The molecule has 2 rings (SSSR count). The molecule has 28 heavy (non-hydrogen) atoms. The van der Waals surface area contributed by atoms with Gasteiger partial charge in [-0.25, -0.2) is 12.8 Å². The van der Waals surface area contributed by atoms with E-state index in [4.69, 9.17) is 4.74 Å². The van der Waals surface area contributed by atoms with Gasteiger partial charge in [-0.3, -0.25) is 9.59 Å². The summed E-state index contributed by atoms with van der Waals surface area (Å²) in [6.45, 7) is 3.04. The quantitative estimate of drug-likeness (QED) is 0.510. The zero-order chi connectivity index (χ0) is 20.7. The van der Waals surface area contributed by atoms with Gasteiger partial charge in [0.25, 0.3) is 0 Å². The summed E-state index contributed by atoms with van der Waals surface area (Å²) in [5.41, 5.74) is 1.53. The molecule has 0 aliphatic heterocycles. The maximum atomic E-state index is 12.9. The lowest BCUT2D eigenvalue weighted by molar-refractivity contribution is -0.141. The second-order valence-electron chi connectivity index (χ2n) is 6.29. The Morgan fingerprint density at radius 1 is 1.07 bits per heavy atom. The first-order chi connectivity index (χ1) is 13.2. The van der Waals surface area contributed by atoms with Crippen LogP contribution in [0.5, 0.6) is 0 Å². The molecule has 0 saturated carbocycles. The average Bonchev–Trinajstić information content (AvgIpc) is 2.70. The van der Waals surface area contributed by atoms with Gasteiger partial charge < -0.3 is 4.74 Å². The van der Waals surface area contributed by atoms with Gasteiger partial charge >= 0.3 is 5.97 Å². The van der Waals surface area contributed by atoms with E-state index in [1.807, 2.05) is 16.9 Å². The molecule has 0 saturated heterocycles. The highest BCUT2D eigenvalue weighted by Gasteiger charge is 2.17. The van der Waals surface area contributed by atoms with Crippen LogP contribution in [0.3, 0.4) is 0 Å². The van der Waals surface area contributed by atoms with E-state index in [1.54, 1.807) is 12.1 Å². The van der Waals surface area contributed by atoms with Crippen LogP contribution in [-0.2, 0) is 19.6 Å². The van der Waals surface area contributed by atoms with E-state index in [0.29, 0.717) is 11.5 Å². The topological polar surface area (TPSA) is 89.5 Å². The number of carbonyl (C=O) groups excluding carboxylic acids is 2. The van der Waals surface area contributed by atoms with Crippen molar-refractivity contribution >= 4 is 21.8 Å². The first-order valence-corrected chi connectivity index (χ1v) is 10.2. The molecule has 0 aromatic heterocycles. The SMILES string of the molecule is CC[C@H](C)c1ccc(C(=O)COC(=O)CNS(=O)(=O)c2ccc(F)cc2)cc1. The van der Waals surface area contributed by atoms with Crippen LogP contribution in [0.4, 0.5) is 4.39 Å². The molecule has 0 aliphatic carbocycles. The molecule has 1 atom stereocenters. The summed E-state index contributed by atoms with van der Waals surface area (Å²) in [5.74, 6) is -1.47. The summed E-state index contributed by atoms with van der Waals surface area (Å²) in [5, 5.41) is 0. The Labute approximate surface area is 163 Å². The second-order valence-corrected chi connectivity index (χ2v) is 8.06. The van der Waals surface area contributed by atoms with Crippen LogP contribution < -0.4 is 4.72 Å². The van der Waals surface area contributed by atoms with E-state index in [-0.39, 0.29) is 10.7 Å². The monoisotopic (exact) mass is 407 g/mol. The Bertz CT molecular complexity index is 924. The Balaban J connectivity index is 1.84. The minimum absolute atomic E-state index is 0.181. The van der Waals surface area contributed by atoms with E-state index in [2.05, 4.69) is 13.8 Å². The van der Waals surface area contributed by atoms with Gasteiger partial charge in [0, 0.05) is 5.56 Å². The number of halogens is 1. The van der Waals surface area contributed by atoms with Crippen LogP contribution in [0.1, 0.15) is 42.1 Å². The maximum Gasteiger partial charge on any atom is 0.321 e. The number of ether oxygens (including phenoxy) is 1. The van der Waals surface area contributed by atoms with Crippen molar-refractivity contribution in [3.05, 3.63) is 65.5 Å². The van der Waals surface area contributed by atoms with E-state index in [0.717, 1.165) is 36.2 Å². The van der Waals surface area contributed by atoms with Gasteiger partial charge in [-0.1, -0.05) is 38.1 Å². The Kier molecular flexibility index (Phi) is 7.42. The van der Waals surface area contributed by atoms with Gasteiger partial charge in [-0.2, -0.15) is 4.72 Å². The normalized spacial score (nSPS) is 12.4. The summed E-state index contributed by atoms with van der Waals surface area (Å²) < 4.78 is 43.8. The van der Waals surface area contributed by atoms with Crippen molar-refractivity contribution in [1.82, 2.24) is 4.72 Å². The van der Waals surface area contributed by atoms with Crippen LogP contribution in [0.25, 0.3) is 0 Å². The van der Waals surface area contributed by atoms with Gasteiger partial charge in [-0.15, -0.1) is 0 Å². The summed E-state index contributed by atoms with van der Waals surface area (Å²) >= 11 is 0. The van der Waals surface area contributed by atoms with Crippen LogP contribution in [0.2, 0.25) is 0 Å². The van der Waals surface area contributed by atoms with Crippen LogP contribution >= 0.6 is 0 Å². The molecule has 0 amide bonds. The molecule has 1 N–H and O–H groups in total. The number of ketones is 1. The summed E-state index contributed by atoms with van der Waals surface area (Å²) in [6.07, 6.45) is 0.985. The molecule has 6 nitrogen and oxygen atoms in total. The van der Waals surface area contributed by atoms with Crippen molar-refractivity contribution in [2.45, 2.75) is 31.1 Å². The van der Waals surface area contributed by atoms with Gasteiger partial charge in [0.15, 0.2) is 12.4 Å². The first-order valence-electron chi connectivity index (χ1n) is 8.77.